The lowest BCUT2D eigenvalue weighted by Gasteiger charge is -1.99. The number of hydrogen-bond donors (Lipinski definition) is 0. The number of nitrogens with zero attached hydrogens (tertiary/aromatic N) is 1. The van der Waals surface area contributed by atoms with Gasteiger partial charge >= 0.3 is 0 Å². The van der Waals surface area contributed by atoms with Crippen molar-refractivity contribution in [1.82, 2.24) is 5.16 Å². The van der Waals surface area contributed by atoms with Crippen LogP contribution in [0.4, 0.5) is 0 Å². The van der Waals surface area contributed by atoms with E-state index in [9.17, 15) is 0 Å². The van der Waals surface area contributed by atoms with Gasteiger partial charge in [-0.25, -0.2) is 0 Å². The van der Waals surface area contributed by atoms with Crippen molar-refractivity contribution in [3.63, 3.8) is 0 Å². The summed E-state index contributed by atoms with van der Waals surface area (Å²) in [6.45, 7) is 0. The van der Waals surface area contributed by atoms with Crippen molar-refractivity contribution in [3.8, 4) is 22.6 Å². The Kier molecular flexibility index (Phi) is 5.54. The van der Waals surface area contributed by atoms with E-state index in [0.29, 0.717) is 21.5 Å². The molecule has 5 heteroatoms. The van der Waals surface area contributed by atoms with Crippen LogP contribution in [-0.4, -0.2) is 5.16 Å². The first-order valence-electron chi connectivity index (χ1n) is 8.55. The summed E-state index contributed by atoms with van der Waals surface area (Å²) >= 11 is 18.2. The van der Waals surface area contributed by atoms with Crippen molar-refractivity contribution in [2.45, 2.75) is 0 Å². The molecule has 1 aromatic heterocycles. The highest BCUT2D eigenvalue weighted by atomic mass is 35.5. The second-order valence-electron chi connectivity index (χ2n) is 6.18. The molecule has 4 rings (SSSR count). The normalized spacial score (nSPS) is 11.2. The van der Waals surface area contributed by atoms with Crippen LogP contribution >= 0.6 is 34.8 Å². The number of halogens is 3. The Labute approximate surface area is 178 Å². The molecule has 0 amide bonds. The highest BCUT2D eigenvalue weighted by Crippen LogP contribution is 2.30. The molecule has 0 N–H and O–H groups in total. The first kappa shape index (κ1) is 18.8. The van der Waals surface area contributed by atoms with Gasteiger partial charge in [0.05, 0.1) is 10.0 Å². The highest BCUT2D eigenvalue weighted by molar-refractivity contribution is 6.42. The molecule has 0 spiro atoms. The SMILES string of the molecule is Clc1ccc(-c2cc(-c3ccc(C=Cc4ccccc4Cl)cc3)on2)cc1Cl. The summed E-state index contributed by atoms with van der Waals surface area (Å²) in [6, 6.07) is 23.0. The fourth-order valence-corrected chi connectivity index (χ4v) is 3.25. The van der Waals surface area contributed by atoms with Crippen LogP contribution < -0.4 is 0 Å². The summed E-state index contributed by atoms with van der Waals surface area (Å²) in [6.07, 6.45) is 4.01. The largest absolute Gasteiger partial charge is 0.356 e. The lowest BCUT2D eigenvalue weighted by molar-refractivity contribution is 0.435. The molecule has 0 saturated heterocycles. The van der Waals surface area contributed by atoms with Crippen molar-refractivity contribution in [2.75, 3.05) is 0 Å². The van der Waals surface area contributed by atoms with Crippen molar-refractivity contribution >= 4 is 47.0 Å². The fourth-order valence-electron chi connectivity index (χ4n) is 2.76. The van der Waals surface area contributed by atoms with Crippen LogP contribution in [0.1, 0.15) is 11.1 Å². The number of benzene rings is 3. The Hall–Kier alpha value is -2.52. The smallest absolute Gasteiger partial charge is 0.167 e. The Morgan fingerprint density at radius 1 is 0.679 bits per heavy atom. The van der Waals surface area contributed by atoms with E-state index in [0.717, 1.165) is 27.3 Å². The van der Waals surface area contributed by atoms with Crippen molar-refractivity contribution in [3.05, 3.63) is 99.0 Å². The van der Waals surface area contributed by atoms with Gasteiger partial charge in [-0.1, -0.05) is 101 Å². The molecule has 138 valence electrons. The average molecular weight is 427 g/mol. The molecule has 4 aromatic rings. The monoisotopic (exact) mass is 425 g/mol. The summed E-state index contributed by atoms with van der Waals surface area (Å²) in [5, 5.41) is 5.86. The van der Waals surface area contributed by atoms with Gasteiger partial charge in [0.25, 0.3) is 0 Å². The molecule has 0 unspecified atom stereocenters. The molecule has 0 radical (unpaired) electrons. The molecule has 0 atom stereocenters. The van der Waals surface area contributed by atoms with Gasteiger partial charge in [-0.2, -0.15) is 0 Å². The first-order chi connectivity index (χ1) is 13.6. The molecule has 0 aliphatic rings. The van der Waals surface area contributed by atoms with Gasteiger partial charge in [-0.15, -0.1) is 0 Å². The van der Waals surface area contributed by atoms with Crippen LogP contribution in [0.2, 0.25) is 15.1 Å². The van der Waals surface area contributed by atoms with Gasteiger partial charge in [-0.3, -0.25) is 0 Å². The van der Waals surface area contributed by atoms with Crippen LogP contribution in [0, 0.1) is 0 Å². The Bertz CT molecular complexity index is 1150. The van der Waals surface area contributed by atoms with Gasteiger partial charge in [-0.05, 0) is 29.3 Å². The van der Waals surface area contributed by atoms with E-state index in [1.807, 2.05) is 72.8 Å². The molecule has 0 aliphatic carbocycles. The maximum absolute atomic E-state index is 6.18. The Morgan fingerprint density at radius 3 is 2.18 bits per heavy atom. The second kappa shape index (κ2) is 8.24. The van der Waals surface area contributed by atoms with Gasteiger partial charge in [0.15, 0.2) is 5.76 Å². The van der Waals surface area contributed by atoms with Crippen LogP contribution in [0.3, 0.4) is 0 Å². The summed E-state index contributed by atoms with van der Waals surface area (Å²) in [5.41, 5.74) is 4.54. The molecular weight excluding hydrogens is 413 g/mol. The molecule has 0 bridgehead atoms. The number of rotatable bonds is 4. The minimum Gasteiger partial charge on any atom is -0.356 e. The van der Waals surface area contributed by atoms with Gasteiger partial charge in [0, 0.05) is 22.2 Å². The summed E-state index contributed by atoms with van der Waals surface area (Å²) in [4.78, 5) is 0. The fraction of sp³-hybridized carbons (Fsp3) is 0. The summed E-state index contributed by atoms with van der Waals surface area (Å²) in [5.74, 6) is 0.683. The lowest BCUT2D eigenvalue weighted by atomic mass is 10.1. The highest BCUT2D eigenvalue weighted by Gasteiger charge is 2.10. The van der Waals surface area contributed by atoms with E-state index in [-0.39, 0.29) is 0 Å². The predicted octanol–water partition coefficient (Wildman–Crippen LogP) is 8.14. The van der Waals surface area contributed by atoms with Crippen LogP contribution in [-0.2, 0) is 0 Å². The lowest BCUT2D eigenvalue weighted by Crippen LogP contribution is -1.78. The van der Waals surface area contributed by atoms with Gasteiger partial charge in [0.1, 0.15) is 5.69 Å². The molecule has 1 heterocycles. The quantitative estimate of drug-likeness (QED) is 0.308. The zero-order chi connectivity index (χ0) is 19.5. The summed E-state index contributed by atoms with van der Waals surface area (Å²) in [7, 11) is 0. The minimum absolute atomic E-state index is 0.485. The predicted molar refractivity (Wildman–Crippen MR) is 118 cm³/mol. The minimum atomic E-state index is 0.485. The molecule has 2 nitrogen and oxygen atoms in total. The number of aromatic nitrogens is 1. The topological polar surface area (TPSA) is 26.0 Å². The standard InChI is InChI=1S/C23H14Cl3NO/c24-19-4-2-1-3-16(19)8-5-15-6-9-17(10-7-15)23-14-22(27-28-23)18-11-12-20(25)21(26)13-18/h1-14H. The third-order valence-corrected chi connectivity index (χ3v) is 5.36. The molecule has 0 saturated carbocycles. The molecule has 0 fully saturated rings. The maximum Gasteiger partial charge on any atom is 0.167 e. The number of hydrogen-bond acceptors (Lipinski definition) is 2. The van der Waals surface area contributed by atoms with Crippen molar-refractivity contribution in [1.29, 1.82) is 0 Å². The van der Waals surface area contributed by atoms with Crippen molar-refractivity contribution in [2.24, 2.45) is 0 Å². The van der Waals surface area contributed by atoms with Gasteiger partial charge < -0.3 is 4.52 Å². The van der Waals surface area contributed by atoms with Crippen molar-refractivity contribution < 1.29 is 4.52 Å². The van der Waals surface area contributed by atoms with E-state index < -0.39 is 0 Å². The van der Waals surface area contributed by atoms with E-state index in [4.69, 9.17) is 39.3 Å². The zero-order valence-electron chi connectivity index (χ0n) is 14.6. The molecule has 28 heavy (non-hydrogen) atoms. The van der Waals surface area contributed by atoms with Crippen LogP contribution in [0.25, 0.3) is 34.7 Å². The van der Waals surface area contributed by atoms with Gasteiger partial charge in [0.2, 0.25) is 0 Å². The second-order valence-corrected chi connectivity index (χ2v) is 7.40. The van der Waals surface area contributed by atoms with E-state index >= 15 is 0 Å². The average Bonchev–Trinajstić information content (AvgIpc) is 3.20. The maximum atomic E-state index is 6.18. The molecule has 0 aliphatic heterocycles. The van der Waals surface area contributed by atoms with E-state index in [1.54, 1.807) is 12.1 Å². The summed E-state index contributed by atoms with van der Waals surface area (Å²) < 4.78 is 5.50. The molecule has 3 aromatic carbocycles. The Balaban J connectivity index is 1.54. The van der Waals surface area contributed by atoms with E-state index in [2.05, 4.69) is 5.16 Å². The third-order valence-electron chi connectivity index (χ3n) is 4.28. The Morgan fingerprint density at radius 2 is 1.43 bits per heavy atom. The van der Waals surface area contributed by atoms with Crippen LogP contribution in [0.5, 0.6) is 0 Å². The molecular formula is C23H14Cl3NO. The van der Waals surface area contributed by atoms with Crippen LogP contribution in [0.15, 0.2) is 77.3 Å². The third kappa shape index (κ3) is 4.15. The van der Waals surface area contributed by atoms with E-state index in [1.165, 1.54) is 0 Å². The first-order valence-corrected chi connectivity index (χ1v) is 9.69. The zero-order valence-corrected chi connectivity index (χ0v) is 16.8.